The van der Waals surface area contributed by atoms with E-state index in [0.29, 0.717) is 13.0 Å². The van der Waals surface area contributed by atoms with E-state index in [1.165, 1.54) is 6.42 Å². The van der Waals surface area contributed by atoms with Crippen molar-refractivity contribution in [2.75, 3.05) is 20.2 Å². The Hall–Kier alpha value is -1.10. The first-order valence-corrected chi connectivity index (χ1v) is 8.31. The molecular weight excluding hydrogens is 300 g/mol. The first-order chi connectivity index (χ1) is 10.7. The van der Waals surface area contributed by atoms with Gasteiger partial charge in [0.25, 0.3) is 0 Å². The fourth-order valence-corrected chi connectivity index (χ4v) is 3.14. The molecule has 0 saturated carbocycles. The van der Waals surface area contributed by atoms with Crippen LogP contribution in [0, 0.1) is 0 Å². The quantitative estimate of drug-likeness (QED) is 0.905. The Morgan fingerprint density at radius 2 is 2.09 bits per heavy atom. The SMILES string of the molecule is COC(CN)CC(=O)N1CCCCCC1c1ccc(Cl)cc1. The third-order valence-corrected chi connectivity index (χ3v) is 4.58. The highest BCUT2D eigenvalue weighted by Crippen LogP contribution is 2.31. The van der Waals surface area contributed by atoms with E-state index >= 15 is 0 Å². The summed E-state index contributed by atoms with van der Waals surface area (Å²) in [7, 11) is 1.60. The van der Waals surface area contributed by atoms with Crippen LogP contribution in [0.25, 0.3) is 0 Å². The van der Waals surface area contributed by atoms with Crippen molar-refractivity contribution in [3.8, 4) is 0 Å². The highest BCUT2D eigenvalue weighted by atomic mass is 35.5. The van der Waals surface area contributed by atoms with Gasteiger partial charge in [0.1, 0.15) is 0 Å². The summed E-state index contributed by atoms with van der Waals surface area (Å²) in [6.45, 7) is 1.16. The zero-order valence-corrected chi connectivity index (χ0v) is 13.9. The lowest BCUT2D eigenvalue weighted by molar-refractivity contribution is -0.136. The summed E-state index contributed by atoms with van der Waals surface area (Å²) in [5.74, 6) is 0.124. The number of ether oxygens (including phenoxy) is 1. The van der Waals surface area contributed by atoms with Gasteiger partial charge in [-0.25, -0.2) is 0 Å². The van der Waals surface area contributed by atoms with Crippen LogP contribution < -0.4 is 5.73 Å². The van der Waals surface area contributed by atoms with E-state index in [-0.39, 0.29) is 18.1 Å². The molecule has 2 atom stereocenters. The number of hydrogen-bond acceptors (Lipinski definition) is 3. The van der Waals surface area contributed by atoms with Crippen LogP contribution in [0.3, 0.4) is 0 Å². The van der Waals surface area contributed by atoms with E-state index in [1.807, 2.05) is 29.2 Å². The first kappa shape index (κ1) is 17.3. The van der Waals surface area contributed by atoms with Gasteiger partial charge in [0.15, 0.2) is 0 Å². The van der Waals surface area contributed by atoms with Crippen LogP contribution in [0.2, 0.25) is 5.02 Å². The lowest BCUT2D eigenvalue weighted by atomic mass is 10.0. The molecule has 1 heterocycles. The Bertz CT molecular complexity index is 474. The van der Waals surface area contributed by atoms with Gasteiger partial charge < -0.3 is 15.4 Å². The number of amides is 1. The number of halogens is 1. The summed E-state index contributed by atoms with van der Waals surface area (Å²) in [5.41, 5.74) is 6.80. The van der Waals surface area contributed by atoms with E-state index in [4.69, 9.17) is 22.1 Å². The minimum absolute atomic E-state index is 0.124. The third kappa shape index (κ3) is 4.45. The lowest BCUT2D eigenvalue weighted by Gasteiger charge is -2.31. The van der Waals surface area contributed by atoms with Gasteiger partial charge in [0.2, 0.25) is 5.91 Å². The summed E-state index contributed by atoms with van der Waals surface area (Å²) in [6, 6.07) is 7.96. The molecule has 0 aromatic heterocycles. The van der Waals surface area contributed by atoms with Gasteiger partial charge in [-0.1, -0.05) is 36.6 Å². The largest absolute Gasteiger partial charge is 0.380 e. The molecular formula is C17H25ClN2O2. The topological polar surface area (TPSA) is 55.6 Å². The number of carbonyl (C=O) groups is 1. The molecule has 2 rings (SSSR count). The van der Waals surface area contributed by atoms with Crippen molar-refractivity contribution >= 4 is 17.5 Å². The maximum absolute atomic E-state index is 12.7. The number of rotatable bonds is 5. The molecule has 1 saturated heterocycles. The van der Waals surface area contributed by atoms with Crippen LogP contribution >= 0.6 is 11.6 Å². The smallest absolute Gasteiger partial charge is 0.225 e. The predicted molar refractivity (Wildman–Crippen MR) is 88.8 cm³/mol. The van der Waals surface area contributed by atoms with Crippen molar-refractivity contribution in [2.24, 2.45) is 5.73 Å². The summed E-state index contributed by atoms with van der Waals surface area (Å²) < 4.78 is 5.26. The van der Waals surface area contributed by atoms with E-state index in [0.717, 1.165) is 36.4 Å². The molecule has 1 aliphatic heterocycles. The lowest BCUT2D eigenvalue weighted by Crippen LogP contribution is -2.38. The Kier molecular flexibility index (Phi) is 6.68. The summed E-state index contributed by atoms with van der Waals surface area (Å²) in [4.78, 5) is 14.7. The van der Waals surface area contributed by atoms with Gasteiger partial charge >= 0.3 is 0 Å². The van der Waals surface area contributed by atoms with Crippen LogP contribution in [-0.4, -0.2) is 37.1 Å². The van der Waals surface area contributed by atoms with Crippen molar-refractivity contribution in [1.29, 1.82) is 0 Å². The molecule has 1 aliphatic rings. The number of likely N-dealkylation sites (tertiary alicyclic amines) is 1. The van der Waals surface area contributed by atoms with Crippen LogP contribution in [0.4, 0.5) is 0 Å². The van der Waals surface area contributed by atoms with Gasteiger partial charge in [-0.15, -0.1) is 0 Å². The second kappa shape index (κ2) is 8.51. The van der Waals surface area contributed by atoms with Crippen LogP contribution in [0.15, 0.2) is 24.3 Å². The van der Waals surface area contributed by atoms with Gasteiger partial charge in [-0.2, -0.15) is 0 Å². The second-order valence-corrected chi connectivity index (χ2v) is 6.24. The number of nitrogens with zero attached hydrogens (tertiary/aromatic N) is 1. The zero-order chi connectivity index (χ0) is 15.9. The number of methoxy groups -OCH3 is 1. The van der Waals surface area contributed by atoms with Crippen molar-refractivity contribution in [3.63, 3.8) is 0 Å². The van der Waals surface area contributed by atoms with Crippen LogP contribution in [-0.2, 0) is 9.53 Å². The number of carbonyl (C=O) groups excluding carboxylic acids is 1. The summed E-state index contributed by atoms with van der Waals surface area (Å²) in [5, 5.41) is 0.720. The molecule has 0 aliphatic carbocycles. The summed E-state index contributed by atoms with van der Waals surface area (Å²) in [6.07, 6.45) is 4.49. The van der Waals surface area contributed by atoms with Gasteiger partial charge in [0, 0.05) is 25.2 Å². The molecule has 0 radical (unpaired) electrons. The molecule has 4 nitrogen and oxygen atoms in total. The highest BCUT2D eigenvalue weighted by molar-refractivity contribution is 6.30. The summed E-state index contributed by atoms with van der Waals surface area (Å²) >= 11 is 5.98. The standard InChI is InChI=1S/C17H25ClN2O2/c1-22-15(12-19)11-17(21)20-10-4-2-3-5-16(20)13-6-8-14(18)9-7-13/h6-9,15-16H,2-5,10-12,19H2,1H3. The minimum Gasteiger partial charge on any atom is -0.380 e. The van der Waals surface area contributed by atoms with E-state index < -0.39 is 0 Å². The van der Waals surface area contributed by atoms with Crippen molar-refractivity contribution in [3.05, 3.63) is 34.9 Å². The zero-order valence-electron chi connectivity index (χ0n) is 13.1. The van der Waals surface area contributed by atoms with E-state index in [9.17, 15) is 4.79 Å². The maximum atomic E-state index is 12.7. The van der Waals surface area contributed by atoms with Crippen molar-refractivity contribution < 1.29 is 9.53 Å². The first-order valence-electron chi connectivity index (χ1n) is 7.93. The third-order valence-electron chi connectivity index (χ3n) is 4.33. The average Bonchev–Trinajstić information content (AvgIpc) is 2.79. The second-order valence-electron chi connectivity index (χ2n) is 5.80. The van der Waals surface area contributed by atoms with E-state index in [1.54, 1.807) is 7.11 Å². The minimum atomic E-state index is -0.207. The molecule has 2 unspecified atom stereocenters. The normalized spacial score (nSPS) is 20.5. The molecule has 2 N–H and O–H groups in total. The van der Waals surface area contributed by atoms with Crippen LogP contribution in [0.5, 0.6) is 0 Å². The Morgan fingerprint density at radius 1 is 1.36 bits per heavy atom. The molecule has 22 heavy (non-hydrogen) atoms. The van der Waals surface area contributed by atoms with Crippen molar-refractivity contribution in [2.45, 2.75) is 44.2 Å². The van der Waals surface area contributed by atoms with E-state index in [2.05, 4.69) is 0 Å². The Labute approximate surface area is 137 Å². The number of nitrogens with two attached hydrogens (primary N) is 1. The van der Waals surface area contributed by atoms with Gasteiger partial charge in [-0.05, 0) is 30.5 Å². The fraction of sp³-hybridized carbons (Fsp3) is 0.588. The molecule has 1 aromatic rings. The van der Waals surface area contributed by atoms with Crippen LogP contribution in [0.1, 0.15) is 43.7 Å². The number of hydrogen-bond donors (Lipinski definition) is 1. The molecule has 1 aromatic carbocycles. The average molecular weight is 325 g/mol. The molecule has 1 amide bonds. The van der Waals surface area contributed by atoms with Gasteiger partial charge in [0.05, 0.1) is 18.6 Å². The van der Waals surface area contributed by atoms with Gasteiger partial charge in [-0.3, -0.25) is 4.79 Å². The highest BCUT2D eigenvalue weighted by Gasteiger charge is 2.28. The molecule has 122 valence electrons. The molecule has 0 spiro atoms. The Morgan fingerprint density at radius 3 is 2.73 bits per heavy atom. The fourth-order valence-electron chi connectivity index (χ4n) is 3.01. The maximum Gasteiger partial charge on any atom is 0.225 e. The molecule has 5 heteroatoms. The Balaban J connectivity index is 2.16. The van der Waals surface area contributed by atoms with Crippen molar-refractivity contribution in [1.82, 2.24) is 4.90 Å². The predicted octanol–water partition coefficient (Wildman–Crippen LogP) is 3.15. The molecule has 0 bridgehead atoms. The number of benzene rings is 1. The molecule has 1 fully saturated rings. The monoisotopic (exact) mass is 324 g/mol.